The van der Waals surface area contributed by atoms with Gasteiger partial charge in [-0.15, -0.1) is 0 Å². The summed E-state index contributed by atoms with van der Waals surface area (Å²) in [4.78, 5) is 19.4. The number of aryl methyl sites for hydroxylation is 1. The first kappa shape index (κ1) is 12.4. The number of carbonyl (C=O) groups excluding carboxylic acids is 1. The van der Waals surface area contributed by atoms with Crippen molar-refractivity contribution in [3.63, 3.8) is 0 Å². The van der Waals surface area contributed by atoms with Gasteiger partial charge in [0.05, 0.1) is 23.6 Å². The molecule has 0 saturated heterocycles. The van der Waals surface area contributed by atoms with Crippen LogP contribution in [-0.2, 0) is 17.8 Å². The number of hydrogen-bond acceptors (Lipinski definition) is 5. The molecule has 6 nitrogen and oxygen atoms in total. The molecule has 0 radical (unpaired) electrons. The molecule has 4 N–H and O–H groups in total. The van der Waals surface area contributed by atoms with Gasteiger partial charge in [0.2, 0.25) is 5.91 Å². The summed E-state index contributed by atoms with van der Waals surface area (Å²) < 4.78 is 0. The quantitative estimate of drug-likeness (QED) is 0.735. The van der Waals surface area contributed by atoms with Crippen LogP contribution in [0.3, 0.4) is 0 Å². The van der Waals surface area contributed by atoms with Crippen molar-refractivity contribution in [2.75, 3.05) is 16.4 Å². The van der Waals surface area contributed by atoms with Crippen molar-refractivity contribution in [2.24, 2.45) is 0 Å². The number of benzene rings is 1. The summed E-state index contributed by atoms with van der Waals surface area (Å²) in [6.07, 6.45) is 4.45. The van der Waals surface area contributed by atoms with Crippen molar-refractivity contribution in [3.05, 3.63) is 42.0 Å². The second-order valence-electron chi connectivity index (χ2n) is 4.70. The van der Waals surface area contributed by atoms with Crippen molar-refractivity contribution in [2.45, 2.75) is 19.4 Å². The van der Waals surface area contributed by atoms with E-state index >= 15 is 0 Å². The SMILES string of the molecule is Nc1cc2c(cc1NCc1ccncn1)NC(=O)CC2. The number of aromatic nitrogens is 2. The van der Waals surface area contributed by atoms with Gasteiger partial charge in [0.1, 0.15) is 6.33 Å². The highest BCUT2D eigenvalue weighted by atomic mass is 16.1. The number of hydrogen-bond donors (Lipinski definition) is 3. The van der Waals surface area contributed by atoms with Gasteiger partial charge in [-0.05, 0) is 30.2 Å². The van der Waals surface area contributed by atoms with Crippen LogP contribution in [0.5, 0.6) is 0 Å². The van der Waals surface area contributed by atoms with Crippen molar-refractivity contribution >= 4 is 23.0 Å². The topological polar surface area (TPSA) is 92.9 Å². The number of carbonyl (C=O) groups is 1. The van der Waals surface area contributed by atoms with Gasteiger partial charge in [0.25, 0.3) is 0 Å². The molecule has 2 aromatic rings. The summed E-state index contributed by atoms with van der Waals surface area (Å²) in [5.41, 5.74) is 10.3. The molecule has 1 aromatic heterocycles. The summed E-state index contributed by atoms with van der Waals surface area (Å²) in [6.45, 7) is 0.555. The van der Waals surface area contributed by atoms with Crippen LogP contribution < -0.4 is 16.4 Å². The van der Waals surface area contributed by atoms with Crippen LogP contribution in [0.25, 0.3) is 0 Å². The minimum atomic E-state index is 0.0454. The highest BCUT2D eigenvalue weighted by molar-refractivity contribution is 5.95. The lowest BCUT2D eigenvalue weighted by Gasteiger charge is -2.19. The van der Waals surface area contributed by atoms with Gasteiger partial charge in [-0.25, -0.2) is 9.97 Å². The molecular formula is C14H15N5O. The van der Waals surface area contributed by atoms with Crippen LogP contribution in [0.4, 0.5) is 17.1 Å². The number of nitrogens with two attached hydrogens (primary N) is 1. The monoisotopic (exact) mass is 269 g/mol. The van der Waals surface area contributed by atoms with Crippen LogP contribution in [0.2, 0.25) is 0 Å². The van der Waals surface area contributed by atoms with E-state index in [1.54, 1.807) is 6.20 Å². The van der Waals surface area contributed by atoms with Crippen LogP contribution in [0, 0.1) is 0 Å². The molecule has 3 rings (SSSR count). The fourth-order valence-corrected chi connectivity index (χ4v) is 2.21. The Morgan fingerprint density at radius 2 is 2.25 bits per heavy atom. The number of fused-ring (bicyclic) bond motifs is 1. The van der Waals surface area contributed by atoms with Crippen LogP contribution in [0.1, 0.15) is 17.7 Å². The van der Waals surface area contributed by atoms with E-state index in [0.29, 0.717) is 18.7 Å². The number of nitrogens with zero attached hydrogens (tertiary/aromatic N) is 2. The van der Waals surface area contributed by atoms with Gasteiger partial charge in [-0.1, -0.05) is 0 Å². The summed E-state index contributed by atoms with van der Waals surface area (Å²) in [7, 11) is 0. The number of anilines is 3. The van der Waals surface area contributed by atoms with E-state index in [4.69, 9.17) is 5.73 Å². The van der Waals surface area contributed by atoms with E-state index in [1.807, 2.05) is 18.2 Å². The maximum Gasteiger partial charge on any atom is 0.224 e. The zero-order valence-corrected chi connectivity index (χ0v) is 10.9. The zero-order chi connectivity index (χ0) is 13.9. The molecule has 6 heteroatoms. The standard InChI is InChI=1S/C14H15N5O/c15-11-5-9-1-2-14(20)19-12(9)6-13(11)17-7-10-3-4-16-8-18-10/h3-6,8,17H,1-2,7,15H2,(H,19,20). The average Bonchev–Trinajstić information content (AvgIpc) is 2.46. The summed E-state index contributed by atoms with van der Waals surface area (Å²) in [6, 6.07) is 5.63. The Bertz CT molecular complexity index is 642. The first-order valence-corrected chi connectivity index (χ1v) is 6.43. The lowest BCUT2D eigenvalue weighted by atomic mass is 10.0. The highest BCUT2D eigenvalue weighted by Gasteiger charge is 2.16. The molecule has 0 spiro atoms. The van der Waals surface area contributed by atoms with Crippen molar-refractivity contribution in [1.29, 1.82) is 0 Å². The van der Waals surface area contributed by atoms with Gasteiger partial charge >= 0.3 is 0 Å². The maximum absolute atomic E-state index is 11.4. The molecule has 1 aromatic carbocycles. The van der Waals surface area contributed by atoms with E-state index in [0.717, 1.165) is 29.1 Å². The molecule has 1 amide bonds. The third kappa shape index (κ3) is 2.54. The van der Waals surface area contributed by atoms with Crippen LogP contribution in [-0.4, -0.2) is 15.9 Å². The Balaban J connectivity index is 1.80. The van der Waals surface area contributed by atoms with E-state index in [2.05, 4.69) is 20.6 Å². The highest BCUT2D eigenvalue weighted by Crippen LogP contribution is 2.31. The normalized spacial score (nSPS) is 13.5. The average molecular weight is 269 g/mol. The van der Waals surface area contributed by atoms with E-state index < -0.39 is 0 Å². The molecule has 0 bridgehead atoms. The predicted molar refractivity (Wildman–Crippen MR) is 77.2 cm³/mol. The van der Waals surface area contributed by atoms with E-state index in [9.17, 15) is 4.79 Å². The predicted octanol–water partition coefficient (Wildman–Crippen LogP) is 1.56. The molecule has 1 aliphatic rings. The molecule has 1 aliphatic heterocycles. The summed E-state index contributed by atoms with van der Waals surface area (Å²) >= 11 is 0. The third-order valence-corrected chi connectivity index (χ3v) is 3.27. The maximum atomic E-state index is 11.4. The van der Waals surface area contributed by atoms with Crippen molar-refractivity contribution < 1.29 is 4.79 Å². The first-order valence-electron chi connectivity index (χ1n) is 6.43. The lowest BCUT2D eigenvalue weighted by molar-refractivity contribution is -0.116. The van der Waals surface area contributed by atoms with Gasteiger partial charge in [-0.3, -0.25) is 4.79 Å². The van der Waals surface area contributed by atoms with Crippen LogP contribution in [0.15, 0.2) is 30.7 Å². The molecule has 102 valence electrons. The zero-order valence-electron chi connectivity index (χ0n) is 10.9. The largest absolute Gasteiger partial charge is 0.397 e. The Labute approximate surface area is 116 Å². The lowest BCUT2D eigenvalue weighted by Crippen LogP contribution is -2.19. The second-order valence-corrected chi connectivity index (χ2v) is 4.70. The number of nitrogens with one attached hydrogen (secondary N) is 2. The smallest absolute Gasteiger partial charge is 0.224 e. The molecule has 0 unspecified atom stereocenters. The molecule has 0 saturated carbocycles. The number of rotatable bonds is 3. The molecule has 0 aliphatic carbocycles. The Morgan fingerprint density at radius 3 is 3.05 bits per heavy atom. The minimum Gasteiger partial charge on any atom is -0.397 e. The van der Waals surface area contributed by atoms with Gasteiger partial charge in [-0.2, -0.15) is 0 Å². The fourth-order valence-electron chi connectivity index (χ4n) is 2.21. The molecule has 0 fully saturated rings. The molecular weight excluding hydrogens is 254 g/mol. The van der Waals surface area contributed by atoms with Crippen molar-refractivity contribution in [3.8, 4) is 0 Å². The fraction of sp³-hybridized carbons (Fsp3) is 0.214. The van der Waals surface area contributed by atoms with Gasteiger partial charge in [0.15, 0.2) is 0 Å². The van der Waals surface area contributed by atoms with Gasteiger partial charge in [0, 0.05) is 18.3 Å². The summed E-state index contributed by atoms with van der Waals surface area (Å²) in [5.74, 6) is 0.0454. The molecule has 20 heavy (non-hydrogen) atoms. The second kappa shape index (κ2) is 5.16. The van der Waals surface area contributed by atoms with Gasteiger partial charge < -0.3 is 16.4 Å². The number of amides is 1. The molecule has 0 atom stereocenters. The first-order chi connectivity index (χ1) is 9.72. The number of nitrogen functional groups attached to an aromatic ring is 1. The molecule has 2 heterocycles. The Hall–Kier alpha value is -2.63. The third-order valence-electron chi connectivity index (χ3n) is 3.27. The Morgan fingerprint density at radius 1 is 1.35 bits per heavy atom. The van der Waals surface area contributed by atoms with E-state index in [-0.39, 0.29) is 5.91 Å². The minimum absolute atomic E-state index is 0.0454. The van der Waals surface area contributed by atoms with E-state index in [1.165, 1.54) is 6.33 Å². The van der Waals surface area contributed by atoms with Crippen LogP contribution >= 0.6 is 0 Å². The Kier molecular flexibility index (Phi) is 3.20. The van der Waals surface area contributed by atoms with Crippen molar-refractivity contribution in [1.82, 2.24) is 9.97 Å². The summed E-state index contributed by atoms with van der Waals surface area (Å²) in [5, 5.41) is 6.09.